The van der Waals surface area contributed by atoms with Gasteiger partial charge in [-0.3, -0.25) is 9.59 Å². The molecule has 4 rings (SSSR count). The van der Waals surface area contributed by atoms with Crippen LogP contribution in [0.5, 0.6) is 5.75 Å². The molecule has 2 aromatic carbocycles. The van der Waals surface area contributed by atoms with Crippen LogP contribution in [0.1, 0.15) is 48.9 Å². The van der Waals surface area contributed by atoms with Crippen LogP contribution in [0.4, 0.5) is 0 Å². The minimum absolute atomic E-state index is 0.0600. The second-order valence-corrected chi connectivity index (χ2v) is 9.98. The average molecular weight is 489 g/mol. The highest BCUT2D eigenvalue weighted by atomic mass is 35.5. The number of carbonyl (C=O) groups is 2. The number of piperidine rings is 2. The summed E-state index contributed by atoms with van der Waals surface area (Å²) in [6.45, 7) is 3.25. The van der Waals surface area contributed by atoms with Gasteiger partial charge in [0.05, 0.1) is 17.2 Å². The molecule has 2 aliphatic rings. The van der Waals surface area contributed by atoms with E-state index in [1.54, 1.807) is 24.3 Å². The Bertz CT molecular complexity index is 966. The maximum atomic E-state index is 13.2. The third kappa shape index (κ3) is 6.01. The number of benzene rings is 2. The van der Waals surface area contributed by atoms with E-state index in [1.165, 1.54) is 6.42 Å². The van der Waals surface area contributed by atoms with Gasteiger partial charge < -0.3 is 14.5 Å². The molecule has 2 saturated heterocycles. The van der Waals surface area contributed by atoms with Crippen LogP contribution in [0.25, 0.3) is 0 Å². The summed E-state index contributed by atoms with van der Waals surface area (Å²) in [5, 5.41) is 1.12. The molecule has 33 heavy (non-hydrogen) atoms. The largest absolute Gasteiger partial charge is 0.493 e. The Kier molecular flexibility index (Phi) is 7.82. The van der Waals surface area contributed by atoms with Crippen LogP contribution in [0.3, 0.4) is 0 Å². The maximum Gasteiger partial charge on any atom is 0.255 e. The van der Waals surface area contributed by atoms with Gasteiger partial charge in [-0.1, -0.05) is 35.3 Å². The Labute approximate surface area is 205 Å². The normalized spacial score (nSPS) is 18.1. The Hall–Kier alpha value is -2.24. The van der Waals surface area contributed by atoms with Crippen LogP contribution in [-0.4, -0.2) is 54.4 Å². The molecule has 0 radical (unpaired) electrons. The summed E-state index contributed by atoms with van der Waals surface area (Å²) in [7, 11) is 0. The number of halogens is 2. The van der Waals surface area contributed by atoms with Crippen molar-refractivity contribution in [3.8, 4) is 5.75 Å². The summed E-state index contributed by atoms with van der Waals surface area (Å²) < 4.78 is 6.14. The highest BCUT2D eigenvalue weighted by Gasteiger charge is 2.40. The molecule has 0 N–H and O–H groups in total. The molecular formula is C26H30Cl2N2O3. The van der Waals surface area contributed by atoms with E-state index in [0.717, 1.165) is 31.7 Å². The predicted molar refractivity (Wildman–Crippen MR) is 131 cm³/mol. The van der Waals surface area contributed by atoms with Gasteiger partial charge in [-0.2, -0.15) is 0 Å². The molecule has 2 aliphatic heterocycles. The van der Waals surface area contributed by atoms with Gasteiger partial charge in [0.15, 0.2) is 0 Å². The molecule has 176 valence electrons. The van der Waals surface area contributed by atoms with E-state index in [0.29, 0.717) is 54.6 Å². The molecule has 7 heteroatoms. The first kappa shape index (κ1) is 23.9. The van der Waals surface area contributed by atoms with Crippen molar-refractivity contribution in [2.75, 3.05) is 32.8 Å². The van der Waals surface area contributed by atoms with Crippen LogP contribution in [0, 0.1) is 5.41 Å². The second kappa shape index (κ2) is 10.8. The molecule has 0 aliphatic carbocycles. The van der Waals surface area contributed by atoms with Crippen LogP contribution >= 0.6 is 23.2 Å². The molecule has 0 aromatic heterocycles. The predicted octanol–water partition coefficient (Wildman–Crippen LogP) is 5.70. The number of amides is 2. The quantitative estimate of drug-likeness (QED) is 0.523. The fraction of sp³-hybridized carbons (Fsp3) is 0.462. The van der Waals surface area contributed by atoms with Gasteiger partial charge in [-0.05, 0) is 68.5 Å². The summed E-state index contributed by atoms with van der Waals surface area (Å²) in [4.78, 5) is 30.0. The zero-order chi connectivity index (χ0) is 23.3. The molecule has 2 heterocycles. The lowest BCUT2D eigenvalue weighted by Crippen LogP contribution is -2.48. The minimum Gasteiger partial charge on any atom is -0.493 e. The first-order valence-electron chi connectivity index (χ1n) is 11.7. The third-order valence-electron chi connectivity index (χ3n) is 6.81. The Morgan fingerprint density at radius 3 is 2.18 bits per heavy atom. The average Bonchev–Trinajstić information content (AvgIpc) is 2.85. The van der Waals surface area contributed by atoms with E-state index in [4.69, 9.17) is 27.9 Å². The van der Waals surface area contributed by atoms with E-state index in [-0.39, 0.29) is 17.2 Å². The number of rotatable bonds is 6. The Morgan fingerprint density at radius 2 is 1.52 bits per heavy atom. The van der Waals surface area contributed by atoms with E-state index in [1.807, 2.05) is 34.1 Å². The molecule has 2 fully saturated rings. The second-order valence-electron chi connectivity index (χ2n) is 9.13. The Morgan fingerprint density at radius 1 is 0.848 bits per heavy atom. The highest BCUT2D eigenvalue weighted by Crippen LogP contribution is 2.37. The number of hydrogen-bond acceptors (Lipinski definition) is 3. The van der Waals surface area contributed by atoms with E-state index < -0.39 is 0 Å². The van der Waals surface area contributed by atoms with E-state index in [9.17, 15) is 9.59 Å². The maximum absolute atomic E-state index is 13.2. The summed E-state index contributed by atoms with van der Waals surface area (Å²) >= 11 is 12.2. The van der Waals surface area contributed by atoms with Gasteiger partial charge in [0.25, 0.3) is 5.91 Å². The topological polar surface area (TPSA) is 49.9 Å². The molecular weight excluding hydrogens is 459 g/mol. The van der Waals surface area contributed by atoms with Crippen molar-refractivity contribution in [3.63, 3.8) is 0 Å². The van der Waals surface area contributed by atoms with Crippen molar-refractivity contribution < 1.29 is 14.3 Å². The highest BCUT2D eigenvalue weighted by molar-refractivity contribution is 6.33. The monoisotopic (exact) mass is 488 g/mol. The number of hydrogen-bond donors (Lipinski definition) is 0. The number of likely N-dealkylation sites (tertiary alicyclic amines) is 2. The number of ether oxygens (including phenoxy) is 1. The van der Waals surface area contributed by atoms with Crippen molar-refractivity contribution >= 4 is 35.0 Å². The van der Waals surface area contributed by atoms with Crippen molar-refractivity contribution in [1.29, 1.82) is 0 Å². The molecule has 2 amide bonds. The smallest absolute Gasteiger partial charge is 0.255 e. The SMILES string of the molecule is O=C(CC1(COc2ccc(Cl)cc2)CCN(C(=O)c2ccccc2Cl)CC1)N1CCCCC1. The molecule has 0 unspecified atom stereocenters. The van der Waals surface area contributed by atoms with Gasteiger partial charge >= 0.3 is 0 Å². The third-order valence-corrected chi connectivity index (χ3v) is 7.39. The lowest BCUT2D eigenvalue weighted by molar-refractivity contribution is -0.136. The Balaban J connectivity index is 1.45. The van der Waals surface area contributed by atoms with Gasteiger partial charge in [0, 0.05) is 43.0 Å². The lowest BCUT2D eigenvalue weighted by Gasteiger charge is -2.42. The fourth-order valence-electron chi connectivity index (χ4n) is 4.70. The van der Waals surface area contributed by atoms with Gasteiger partial charge in [0.2, 0.25) is 5.91 Å². The molecule has 0 bridgehead atoms. The minimum atomic E-state index is -0.314. The van der Waals surface area contributed by atoms with Crippen molar-refractivity contribution in [2.24, 2.45) is 5.41 Å². The summed E-state index contributed by atoms with van der Waals surface area (Å²) in [5.74, 6) is 0.870. The fourth-order valence-corrected chi connectivity index (χ4v) is 5.05. The van der Waals surface area contributed by atoms with Crippen molar-refractivity contribution in [1.82, 2.24) is 9.80 Å². The first-order chi connectivity index (χ1) is 16.0. The lowest BCUT2D eigenvalue weighted by atomic mass is 9.75. The van der Waals surface area contributed by atoms with Crippen LogP contribution in [-0.2, 0) is 4.79 Å². The van der Waals surface area contributed by atoms with Gasteiger partial charge in [0.1, 0.15) is 5.75 Å². The molecule has 0 atom stereocenters. The van der Waals surface area contributed by atoms with Crippen LogP contribution in [0.2, 0.25) is 10.0 Å². The molecule has 5 nitrogen and oxygen atoms in total. The van der Waals surface area contributed by atoms with E-state index in [2.05, 4.69) is 0 Å². The molecule has 2 aromatic rings. The van der Waals surface area contributed by atoms with Gasteiger partial charge in [-0.15, -0.1) is 0 Å². The van der Waals surface area contributed by atoms with Crippen LogP contribution in [0.15, 0.2) is 48.5 Å². The standard InChI is InChI=1S/C26H30Cl2N2O3/c27-20-8-10-21(11-9-20)33-19-26(18-24(31)29-14-4-1-5-15-29)12-16-30(17-13-26)25(32)22-6-2-3-7-23(22)28/h2-3,6-11H,1,4-5,12-19H2. The first-order valence-corrected chi connectivity index (χ1v) is 12.4. The number of nitrogens with zero attached hydrogens (tertiary/aromatic N) is 2. The summed E-state index contributed by atoms with van der Waals surface area (Å²) in [5.41, 5.74) is 0.208. The number of carbonyl (C=O) groups excluding carboxylic acids is 2. The summed E-state index contributed by atoms with van der Waals surface area (Å²) in [6, 6.07) is 14.4. The van der Waals surface area contributed by atoms with Crippen LogP contribution < -0.4 is 4.74 Å². The summed E-state index contributed by atoms with van der Waals surface area (Å²) in [6.07, 6.45) is 5.18. The zero-order valence-corrected chi connectivity index (χ0v) is 20.3. The van der Waals surface area contributed by atoms with Crippen molar-refractivity contribution in [2.45, 2.75) is 38.5 Å². The van der Waals surface area contributed by atoms with Crippen molar-refractivity contribution in [3.05, 3.63) is 64.1 Å². The zero-order valence-electron chi connectivity index (χ0n) is 18.8. The molecule has 0 saturated carbocycles. The van der Waals surface area contributed by atoms with Gasteiger partial charge in [-0.25, -0.2) is 0 Å². The molecule has 0 spiro atoms. The van der Waals surface area contributed by atoms with E-state index >= 15 is 0 Å².